The summed E-state index contributed by atoms with van der Waals surface area (Å²) in [4.78, 5) is 44.3. The van der Waals surface area contributed by atoms with Crippen LogP contribution in [0.25, 0.3) is 11.1 Å². The molecular weight excluding hydrogens is 460 g/mol. The number of hydrogen-bond donors (Lipinski definition) is 4. The number of amides is 2. The Balaban J connectivity index is 1.45. The van der Waals surface area contributed by atoms with Crippen molar-refractivity contribution in [1.29, 1.82) is 0 Å². The molecule has 1 aliphatic carbocycles. The van der Waals surface area contributed by atoms with Gasteiger partial charge in [-0.2, -0.15) is 0 Å². The Bertz CT molecular complexity index is 1180. The molecule has 0 radical (unpaired) electrons. The molecule has 9 nitrogen and oxygen atoms in total. The van der Waals surface area contributed by atoms with Gasteiger partial charge in [-0.25, -0.2) is 14.6 Å². The number of nitrogens with one attached hydrogen (secondary N) is 3. The standard InChI is InChI=1S/C27H30N4O5/c1-16(2)11-24(26(33)34)30-25(32)23(12-17-13-28-15-29-17)31-27(35)36-14-22-20-9-5-3-7-18(20)19-8-4-6-10-21(19)22/h3-10,13,15-16,22-24H,11-12,14H2,1-2H3,(H,28,29)(H,30,32)(H,31,35)(H,33,34)/t23-,24-/m0/s1. The van der Waals surface area contributed by atoms with E-state index < -0.39 is 30.1 Å². The summed E-state index contributed by atoms with van der Waals surface area (Å²) in [5.74, 6) is -1.79. The van der Waals surface area contributed by atoms with Gasteiger partial charge in [-0.3, -0.25) is 4.79 Å². The van der Waals surface area contributed by atoms with Crippen LogP contribution in [0.4, 0.5) is 4.79 Å². The maximum absolute atomic E-state index is 13.0. The largest absolute Gasteiger partial charge is 0.480 e. The van der Waals surface area contributed by atoms with Crippen molar-refractivity contribution in [1.82, 2.24) is 20.6 Å². The van der Waals surface area contributed by atoms with E-state index in [1.54, 1.807) is 6.20 Å². The lowest BCUT2D eigenvalue weighted by molar-refractivity contribution is -0.142. The number of hydrogen-bond acceptors (Lipinski definition) is 5. The number of carbonyl (C=O) groups excluding carboxylic acids is 2. The number of carboxylic acids is 1. The Morgan fingerprint density at radius 2 is 1.64 bits per heavy atom. The zero-order chi connectivity index (χ0) is 25.7. The van der Waals surface area contributed by atoms with Gasteiger partial charge in [0.1, 0.15) is 18.7 Å². The second kappa shape index (κ2) is 11.1. The summed E-state index contributed by atoms with van der Waals surface area (Å²) >= 11 is 0. The van der Waals surface area contributed by atoms with Gasteiger partial charge in [0.15, 0.2) is 0 Å². The van der Waals surface area contributed by atoms with Crippen LogP contribution >= 0.6 is 0 Å². The summed E-state index contributed by atoms with van der Waals surface area (Å²) in [6.45, 7) is 3.85. The maximum Gasteiger partial charge on any atom is 0.407 e. The first-order valence-electron chi connectivity index (χ1n) is 12.0. The minimum Gasteiger partial charge on any atom is -0.480 e. The van der Waals surface area contributed by atoms with E-state index >= 15 is 0 Å². The van der Waals surface area contributed by atoms with Crippen molar-refractivity contribution in [3.63, 3.8) is 0 Å². The fourth-order valence-corrected chi connectivity index (χ4v) is 4.57. The molecule has 0 unspecified atom stereocenters. The highest BCUT2D eigenvalue weighted by Crippen LogP contribution is 2.44. The van der Waals surface area contributed by atoms with E-state index in [4.69, 9.17) is 4.74 Å². The molecule has 2 atom stereocenters. The molecule has 0 aliphatic heterocycles. The lowest BCUT2D eigenvalue weighted by Crippen LogP contribution is -2.53. The zero-order valence-electron chi connectivity index (χ0n) is 20.2. The molecule has 1 aliphatic rings. The highest BCUT2D eigenvalue weighted by atomic mass is 16.5. The number of aromatic nitrogens is 2. The molecule has 3 aromatic rings. The van der Waals surface area contributed by atoms with Gasteiger partial charge in [0.05, 0.1) is 6.33 Å². The number of benzene rings is 2. The molecule has 0 saturated heterocycles. The first kappa shape index (κ1) is 25.0. The van der Waals surface area contributed by atoms with Crippen LogP contribution in [0.3, 0.4) is 0 Å². The van der Waals surface area contributed by atoms with E-state index in [1.807, 2.05) is 50.2 Å². The number of carbonyl (C=O) groups is 3. The third-order valence-corrected chi connectivity index (χ3v) is 6.25. The normalized spacial score (nSPS) is 14.0. The summed E-state index contributed by atoms with van der Waals surface area (Å²) in [5, 5.41) is 14.7. The Morgan fingerprint density at radius 1 is 1.00 bits per heavy atom. The van der Waals surface area contributed by atoms with Gasteiger partial charge in [-0.05, 0) is 34.6 Å². The van der Waals surface area contributed by atoms with Crippen LogP contribution in [-0.4, -0.2) is 51.7 Å². The van der Waals surface area contributed by atoms with Crippen LogP contribution in [0.1, 0.15) is 43.0 Å². The number of ether oxygens (including phenoxy) is 1. The van der Waals surface area contributed by atoms with E-state index in [-0.39, 0.29) is 31.3 Å². The molecule has 0 bridgehead atoms. The molecule has 4 rings (SSSR count). The third kappa shape index (κ3) is 5.73. The summed E-state index contributed by atoms with van der Waals surface area (Å²) < 4.78 is 5.58. The molecular formula is C27H30N4O5. The van der Waals surface area contributed by atoms with Crippen molar-refractivity contribution in [2.45, 2.75) is 44.7 Å². The van der Waals surface area contributed by atoms with E-state index in [2.05, 4.69) is 32.7 Å². The Morgan fingerprint density at radius 3 is 2.19 bits per heavy atom. The van der Waals surface area contributed by atoms with E-state index in [0.29, 0.717) is 5.69 Å². The van der Waals surface area contributed by atoms with Crippen LogP contribution in [0, 0.1) is 5.92 Å². The summed E-state index contributed by atoms with van der Waals surface area (Å²) in [6, 6.07) is 13.9. The molecule has 0 spiro atoms. The number of aliphatic carboxylic acids is 1. The average molecular weight is 491 g/mol. The van der Waals surface area contributed by atoms with E-state index in [9.17, 15) is 19.5 Å². The van der Waals surface area contributed by atoms with Crippen molar-refractivity contribution in [3.05, 3.63) is 77.9 Å². The van der Waals surface area contributed by atoms with Gasteiger partial charge < -0.3 is 25.5 Å². The van der Waals surface area contributed by atoms with E-state index in [0.717, 1.165) is 22.3 Å². The summed E-state index contributed by atoms with van der Waals surface area (Å²) in [6.07, 6.45) is 2.62. The van der Waals surface area contributed by atoms with Crippen LogP contribution in [0.15, 0.2) is 61.1 Å². The zero-order valence-corrected chi connectivity index (χ0v) is 20.2. The van der Waals surface area contributed by atoms with Gasteiger partial charge >= 0.3 is 12.1 Å². The fourth-order valence-electron chi connectivity index (χ4n) is 4.57. The predicted molar refractivity (Wildman–Crippen MR) is 133 cm³/mol. The van der Waals surface area contributed by atoms with Crippen molar-refractivity contribution in [2.24, 2.45) is 5.92 Å². The number of carboxylic acid groups (broad SMARTS) is 1. The second-order valence-electron chi connectivity index (χ2n) is 9.33. The van der Waals surface area contributed by atoms with Gasteiger partial charge in [-0.1, -0.05) is 62.4 Å². The topological polar surface area (TPSA) is 133 Å². The Kier molecular flexibility index (Phi) is 7.68. The molecule has 1 aromatic heterocycles. The third-order valence-electron chi connectivity index (χ3n) is 6.25. The number of aromatic amines is 1. The van der Waals surface area contributed by atoms with Gasteiger partial charge in [0, 0.05) is 24.2 Å². The molecule has 9 heteroatoms. The van der Waals surface area contributed by atoms with Crippen molar-refractivity contribution in [3.8, 4) is 11.1 Å². The summed E-state index contributed by atoms with van der Waals surface area (Å²) in [7, 11) is 0. The number of H-pyrrole nitrogens is 1. The molecule has 36 heavy (non-hydrogen) atoms. The fraction of sp³-hybridized carbons (Fsp3) is 0.333. The number of rotatable bonds is 10. The molecule has 188 valence electrons. The minimum absolute atomic E-state index is 0.0625. The van der Waals surface area contributed by atoms with Crippen molar-refractivity contribution >= 4 is 18.0 Å². The Hall–Kier alpha value is -4.14. The van der Waals surface area contributed by atoms with Crippen LogP contribution in [0.5, 0.6) is 0 Å². The predicted octanol–water partition coefficient (Wildman–Crippen LogP) is 3.48. The SMILES string of the molecule is CC(C)C[C@H](NC(=O)[C@H](Cc1cnc[nH]1)NC(=O)OCC1c2ccccc2-c2ccccc21)C(=O)O. The first-order chi connectivity index (χ1) is 17.3. The lowest BCUT2D eigenvalue weighted by atomic mass is 9.98. The number of fused-ring (bicyclic) bond motifs is 3. The second-order valence-corrected chi connectivity index (χ2v) is 9.33. The number of alkyl carbamates (subject to hydrolysis) is 1. The highest BCUT2D eigenvalue weighted by Gasteiger charge is 2.31. The monoisotopic (exact) mass is 490 g/mol. The quantitative estimate of drug-likeness (QED) is 0.344. The molecule has 4 N–H and O–H groups in total. The highest BCUT2D eigenvalue weighted by molar-refractivity contribution is 5.89. The smallest absolute Gasteiger partial charge is 0.407 e. The molecule has 2 amide bonds. The average Bonchev–Trinajstić information content (AvgIpc) is 3.47. The van der Waals surface area contributed by atoms with Gasteiger partial charge in [0.25, 0.3) is 0 Å². The van der Waals surface area contributed by atoms with Crippen molar-refractivity contribution in [2.75, 3.05) is 6.61 Å². The Labute approximate surface area is 209 Å². The van der Waals surface area contributed by atoms with Crippen LogP contribution in [0.2, 0.25) is 0 Å². The van der Waals surface area contributed by atoms with Crippen LogP contribution in [-0.2, 0) is 20.7 Å². The lowest BCUT2D eigenvalue weighted by Gasteiger charge is -2.22. The maximum atomic E-state index is 13.0. The first-order valence-corrected chi connectivity index (χ1v) is 12.0. The van der Waals surface area contributed by atoms with Crippen molar-refractivity contribution < 1.29 is 24.2 Å². The molecule has 1 heterocycles. The summed E-state index contributed by atoms with van der Waals surface area (Å²) in [5.41, 5.74) is 5.00. The van der Waals surface area contributed by atoms with E-state index in [1.165, 1.54) is 6.33 Å². The minimum atomic E-state index is -1.13. The molecule has 2 aromatic carbocycles. The molecule has 0 saturated carbocycles. The molecule has 0 fully saturated rings. The van der Waals surface area contributed by atoms with Gasteiger partial charge in [-0.15, -0.1) is 0 Å². The van der Waals surface area contributed by atoms with Gasteiger partial charge in [0.2, 0.25) is 5.91 Å². The van der Waals surface area contributed by atoms with Crippen LogP contribution < -0.4 is 10.6 Å². The number of imidazole rings is 1. The number of nitrogens with zero attached hydrogens (tertiary/aromatic N) is 1.